The minimum absolute atomic E-state index is 0.0976. The molecular weight excluding hydrogens is 238 g/mol. The average Bonchev–Trinajstić information content (AvgIpc) is 2.82. The Morgan fingerprint density at radius 3 is 2.95 bits per heavy atom. The number of likely N-dealkylation sites (tertiary alicyclic amines) is 1. The number of ketones is 1. The van der Waals surface area contributed by atoms with Crippen molar-refractivity contribution in [3.05, 3.63) is 29.9 Å². The quantitative estimate of drug-likeness (QED) is 0.616. The topological polar surface area (TPSA) is 38.1 Å². The first-order chi connectivity index (χ1) is 9.08. The van der Waals surface area contributed by atoms with Gasteiger partial charge in [0.2, 0.25) is 5.78 Å². The predicted molar refractivity (Wildman–Crippen MR) is 76.1 cm³/mol. The summed E-state index contributed by atoms with van der Waals surface area (Å²) >= 11 is 0. The van der Waals surface area contributed by atoms with Crippen LogP contribution in [0.3, 0.4) is 0 Å². The van der Waals surface area contributed by atoms with Crippen LogP contribution in [0.1, 0.15) is 37.3 Å². The standard InChI is InChI=1S/C15H23N3O/c1-12(2)6-9-18-8-4-5-13(11-18)14(19)15-16-7-10-17(15)3/h6-7,10,13H,4-5,8-9,11H2,1-3H3/t13-/m0/s1. The van der Waals surface area contributed by atoms with E-state index in [4.69, 9.17) is 0 Å². The molecule has 4 nitrogen and oxygen atoms in total. The van der Waals surface area contributed by atoms with Crippen molar-refractivity contribution in [3.63, 3.8) is 0 Å². The molecule has 2 heterocycles. The van der Waals surface area contributed by atoms with Crippen LogP contribution in [0.15, 0.2) is 24.0 Å². The van der Waals surface area contributed by atoms with Crippen LogP contribution in [-0.2, 0) is 7.05 Å². The van der Waals surface area contributed by atoms with E-state index in [0.29, 0.717) is 5.82 Å². The van der Waals surface area contributed by atoms with Gasteiger partial charge in [0, 0.05) is 38.4 Å². The summed E-state index contributed by atoms with van der Waals surface area (Å²) in [5, 5.41) is 0. The lowest BCUT2D eigenvalue weighted by Crippen LogP contribution is -2.39. The largest absolute Gasteiger partial charge is 0.332 e. The summed E-state index contributed by atoms with van der Waals surface area (Å²) in [5.41, 5.74) is 1.33. The van der Waals surface area contributed by atoms with Gasteiger partial charge in [-0.3, -0.25) is 9.69 Å². The summed E-state index contributed by atoms with van der Waals surface area (Å²) in [5.74, 6) is 0.879. The molecule has 0 saturated carbocycles. The highest BCUT2D eigenvalue weighted by molar-refractivity contribution is 5.94. The zero-order valence-corrected chi connectivity index (χ0v) is 12.1. The number of aromatic nitrogens is 2. The number of carbonyl (C=O) groups excluding carboxylic acids is 1. The Hall–Kier alpha value is -1.42. The van der Waals surface area contributed by atoms with E-state index in [1.807, 2.05) is 17.8 Å². The van der Waals surface area contributed by atoms with E-state index in [0.717, 1.165) is 32.5 Å². The molecule has 0 bridgehead atoms. The van der Waals surface area contributed by atoms with Crippen LogP contribution in [0.25, 0.3) is 0 Å². The van der Waals surface area contributed by atoms with Crippen LogP contribution < -0.4 is 0 Å². The van der Waals surface area contributed by atoms with Crippen molar-refractivity contribution in [2.45, 2.75) is 26.7 Å². The van der Waals surface area contributed by atoms with Gasteiger partial charge in [-0.05, 0) is 33.2 Å². The van der Waals surface area contributed by atoms with E-state index < -0.39 is 0 Å². The molecule has 1 aromatic rings. The van der Waals surface area contributed by atoms with Gasteiger partial charge in [-0.25, -0.2) is 4.98 Å². The molecule has 4 heteroatoms. The van der Waals surface area contributed by atoms with Crippen molar-refractivity contribution in [3.8, 4) is 0 Å². The lowest BCUT2D eigenvalue weighted by molar-refractivity contribution is 0.0817. The average molecular weight is 261 g/mol. The van der Waals surface area contributed by atoms with Crippen LogP contribution in [-0.4, -0.2) is 39.9 Å². The zero-order valence-electron chi connectivity index (χ0n) is 12.1. The van der Waals surface area contributed by atoms with Crippen molar-refractivity contribution < 1.29 is 4.79 Å². The van der Waals surface area contributed by atoms with Gasteiger partial charge in [-0.15, -0.1) is 0 Å². The summed E-state index contributed by atoms with van der Waals surface area (Å²) in [6, 6.07) is 0. The highest BCUT2D eigenvalue weighted by Gasteiger charge is 2.28. The molecule has 1 aromatic heterocycles. The lowest BCUT2D eigenvalue weighted by Gasteiger charge is -2.31. The molecule has 19 heavy (non-hydrogen) atoms. The molecule has 0 aliphatic carbocycles. The summed E-state index contributed by atoms with van der Waals surface area (Å²) in [6.45, 7) is 7.12. The first kappa shape index (κ1) is 14.0. The number of allylic oxidation sites excluding steroid dienone is 1. The Kier molecular flexibility index (Phi) is 4.53. The number of hydrogen-bond acceptors (Lipinski definition) is 3. The highest BCUT2D eigenvalue weighted by atomic mass is 16.1. The first-order valence-electron chi connectivity index (χ1n) is 6.95. The molecule has 0 amide bonds. The van der Waals surface area contributed by atoms with Gasteiger partial charge in [-0.1, -0.05) is 11.6 Å². The van der Waals surface area contributed by atoms with Crippen LogP contribution >= 0.6 is 0 Å². The second-order valence-corrected chi connectivity index (χ2v) is 5.61. The number of imidazole rings is 1. The Morgan fingerprint density at radius 2 is 2.32 bits per heavy atom. The van der Waals surface area contributed by atoms with Crippen molar-refractivity contribution in [2.75, 3.05) is 19.6 Å². The number of hydrogen-bond donors (Lipinski definition) is 0. The fourth-order valence-electron chi connectivity index (χ4n) is 2.53. The van der Waals surface area contributed by atoms with E-state index >= 15 is 0 Å². The Morgan fingerprint density at radius 1 is 1.53 bits per heavy atom. The molecule has 0 aromatic carbocycles. The number of piperidine rings is 1. The molecule has 1 atom stereocenters. The van der Waals surface area contributed by atoms with E-state index in [-0.39, 0.29) is 11.7 Å². The van der Waals surface area contributed by atoms with Crippen molar-refractivity contribution in [2.24, 2.45) is 13.0 Å². The van der Waals surface area contributed by atoms with Gasteiger partial charge in [0.05, 0.1) is 0 Å². The molecule has 0 spiro atoms. The Bertz CT molecular complexity index is 471. The summed E-state index contributed by atoms with van der Waals surface area (Å²) < 4.78 is 1.82. The minimum atomic E-state index is 0.0976. The molecule has 0 unspecified atom stereocenters. The molecule has 0 radical (unpaired) electrons. The van der Waals surface area contributed by atoms with Crippen LogP contribution in [0.5, 0.6) is 0 Å². The van der Waals surface area contributed by atoms with Gasteiger partial charge in [-0.2, -0.15) is 0 Å². The van der Waals surface area contributed by atoms with Gasteiger partial charge < -0.3 is 4.57 Å². The fraction of sp³-hybridized carbons (Fsp3) is 0.600. The Balaban J connectivity index is 1.99. The van der Waals surface area contributed by atoms with Crippen molar-refractivity contribution in [1.82, 2.24) is 14.5 Å². The van der Waals surface area contributed by atoms with Gasteiger partial charge in [0.25, 0.3) is 0 Å². The van der Waals surface area contributed by atoms with Crippen LogP contribution in [0.2, 0.25) is 0 Å². The second-order valence-electron chi connectivity index (χ2n) is 5.61. The predicted octanol–water partition coefficient (Wildman–Crippen LogP) is 2.28. The SMILES string of the molecule is CC(C)=CCN1CCC[C@H](C(=O)c2nccn2C)C1. The second kappa shape index (κ2) is 6.15. The molecular formula is C15H23N3O. The van der Waals surface area contributed by atoms with Crippen molar-refractivity contribution in [1.29, 1.82) is 0 Å². The highest BCUT2D eigenvalue weighted by Crippen LogP contribution is 2.20. The van der Waals surface area contributed by atoms with Gasteiger partial charge >= 0.3 is 0 Å². The number of nitrogens with zero attached hydrogens (tertiary/aromatic N) is 3. The maximum atomic E-state index is 12.4. The lowest BCUT2D eigenvalue weighted by atomic mass is 9.93. The van der Waals surface area contributed by atoms with Crippen LogP contribution in [0.4, 0.5) is 0 Å². The van der Waals surface area contributed by atoms with E-state index in [1.54, 1.807) is 6.20 Å². The monoisotopic (exact) mass is 261 g/mol. The smallest absolute Gasteiger partial charge is 0.202 e. The number of carbonyl (C=O) groups is 1. The number of aryl methyl sites for hydroxylation is 1. The third kappa shape index (κ3) is 3.53. The number of rotatable bonds is 4. The first-order valence-corrected chi connectivity index (χ1v) is 6.95. The molecule has 1 saturated heterocycles. The van der Waals surface area contributed by atoms with Crippen LogP contribution in [0, 0.1) is 5.92 Å². The molecule has 0 N–H and O–H groups in total. The number of Topliss-reactive ketones (excluding diaryl/α,β-unsaturated/α-hetero) is 1. The Labute approximate surface area is 115 Å². The van der Waals surface area contributed by atoms with E-state index in [9.17, 15) is 4.79 Å². The normalized spacial score (nSPS) is 20.3. The molecule has 1 aliphatic heterocycles. The molecule has 1 fully saturated rings. The summed E-state index contributed by atoms with van der Waals surface area (Å²) in [6.07, 6.45) is 7.83. The van der Waals surface area contributed by atoms with E-state index in [1.165, 1.54) is 5.57 Å². The maximum Gasteiger partial charge on any atom is 0.202 e. The van der Waals surface area contributed by atoms with Crippen molar-refractivity contribution >= 4 is 5.78 Å². The van der Waals surface area contributed by atoms with Gasteiger partial charge in [0.1, 0.15) is 0 Å². The minimum Gasteiger partial charge on any atom is -0.332 e. The summed E-state index contributed by atoms with van der Waals surface area (Å²) in [7, 11) is 1.88. The third-order valence-corrected chi connectivity index (χ3v) is 3.68. The molecule has 104 valence electrons. The molecule has 1 aliphatic rings. The van der Waals surface area contributed by atoms with E-state index in [2.05, 4.69) is 29.8 Å². The maximum absolute atomic E-state index is 12.4. The fourth-order valence-corrected chi connectivity index (χ4v) is 2.53. The van der Waals surface area contributed by atoms with Gasteiger partial charge in [0.15, 0.2) is 5.82 Å². The molecule has 2 rings (SSSR count). The summed E-state index contributed by atoms with van der Waals surface area (Å²) in [4.78, 5) is 19.0. The third-order valence-electron chi connectivity index (χ3n) is 3.68. The zero-order chi connectivity index (χ0) is 13.8.